The predicted molar refractivity (Wildman–Crippen MR) is 171 cm³/mol. The van der Waals surface area contributed by atoms with E-state index < -0.39 is 5.60 Å². The Hall–Kier alpha value is -3.73. The molecule has 3 heterocycles. The van der Waals surface area contributed by atoms with Gasteiger partial charge in [-0.3, -0.25) is 9.88 Å². The van der Waals surface area contributed by atoms with Crippen molar-refractivity contribution in [3.05, 3.63) is 72.6 Å². The molecular formula is C33H42N5O4Si. The van der Waals surface area contributed by atoms with E-state index in [9.17, 15) is 4.79 Å². The number of fused-ring (bicyclic) bond motifs is 1. The monoisotopic (exact) mass is 600 g/mol. The maximum Gasteiger partial charge on any atom is 0.410 e. The topological polar surface area (TPSA) is 82.0 Å². The minimum atomic E-state index is -0.479. The smallest absolute Gasteiger partial charge is 0.410 e. The molecule has 0 spiro atoms. The molecule has 4 aromatic rings. The Labute approximate surface area is 256 Å². The van der Waals surface area contributed by atoms with Crippen LogP contribution in [0.1, 0.15) is 26.5 Å². The molecule has 227 valence electrons. The molecule has 10 heteroatoms. The average molecular weight is 601 g/mol. The lowest BCUT2D eigenvalue weighted by atomic mass is 10.1. The number of hydrogen-bond acceptors (Lipinski definition) is 7. The number of rotatable bonds is 10. The molecule has 2 aromatic carbocycles. The number of carbonyl (C=O) groups is 1. The number of aromatic nitrogens is 3. The fourth-order valence-corrected chi connectivity index (χ4v) is 5.43. The van der Waals surface area contributed by atoms with Gasteiger partial charge in [-0.1, -0.05) is 19.2 Å². The fraction of sp³-hybridized carbons (Fsp3) is 0.424. The molecule has 0 N–H and O–H groups in total. The van der Waals surface area contributed by atoms with Crippen molar-refractivity contribution in [1.29, 1.82) is 0 Å². The van der Waals surface area contributed by atoms with Crippen molar-refractivity contribution in [2.24, 2.45) is 0 Å². The number of amides is 1. The predicted octanol–water partition coefficient (Wildman–Crippen LogP) is 6.67. The molecular weight excluding hydrogens is 558 g/mol. The van der Waals surface area contributed by atoms with Gasteiger partial charge in [-0.25, -0.2) is 9.48 Å². The van der Waals surface area contributed by atoms with Crippen molar-refractivity contribution in [3.63, 3.8) is 0 Å². The molecule has 0 saturated carbocycles. The van der Waals surface area contributed by atoms with Crippen molar-refractivity contribution in [2.75, 3.05) is 32.8 Å². The quantitative estimate of drug-likeness (QED) is 0.149. The molecule has 0 aliphatic carbocycles. The summed E-state index contributed by atoms with van der Waals surface area (Å²) < 4.78 is 19.4. The third kappa shape index (κ3) is 8.65. The first-order valence-corrected chi connectivity index (χ1v) is 17.6. The molecule has 1 radical (unpaired) electrons. The summed E-state index contributed by atoms with van der Waals surface area (Å²) in [6.45, 7) is 15.1. The van der Waals surface area contributed by atoms with Crippen LogP contribution in [0.25, 0.3) is 22.2 Å². The van der Waals surface area contributed by atoms with E-state index >= 15 is 0 Å². The minimum absolute atomic E-state index is 0.240. The highest BCUT2D eigenvalue weighted by Crippen LogP contribution is 2.28. The van der Waals surface area contributed by atoms with Gasteiger partial charge in [0.1, 0.15) is 23.8 Å². The highest BCUT2D eigenvalue weighted by Gasteiger charge is 2.26. The first-order chi connectivity index (χ1) is 20.6. The molecule has 1 amide bonds. The van der Waals surface area contributed by atoms with Crippen molar-refractivity contribution in [3.8, 4) is 22.8 Å². The van der Waals surface area contributed by atoms with Gasteiger partial charge >= 0.3 is 6.09 Å². The maximum absolute atomic E-state index is 12.4. The lowest BCUT2D eigenvalue weighted by Crippen LogP contribution is -2.49. The van der Waals surface area contributed by atoms with Gasteiger partial charge in [-0.15, -0.1) is 0 Å². The molecule has 2 aromatic heterocycles. The maximum atomic E-state index is 12.4. The second kappa shape index (κ2) is 13.7. The molecule has 9 nitrogen and oxygen atoms in total. The van der Waals surface area contributed by atoms with E-state index in [2.05, 4.69) is 35.2 Å². The Balaban J connectivity index is 1.15. The number of benzene rings is 2. The number of nitrogens with zero attached hydrogens (tertiary/aromatic N) is 5. The zero-order valence-electron chi connectivity index (χ0n) is 25.9. The van der Waals surface area contributed by atoms with E-state index in [0.29, 0.717) is 19.8 Å². The van der Waals surface area contributed by atoms with Crippen LogP contribution in [0.3, 0.4) is 0 Å². The molecule has 1 aliphatic heterocycles. The summed E-state index contributed by atoms with van der Waals surface area (Å²) in [5.41, 5.74) is 3.53. The van der Waals surface area contributed by atoms with Crippen LogP contribution in [-0.2, 0) is 22.7 Å². The molecule has 1 saturated heterocycles. The number of pyridine rings is 1. The van der Waals surface area contributed by atoms with Crippen LogP contribution in [0, 0.1) is 0 Å². The van der Waals surface area contributed by atoms with Crippen molar-refractivity contribution >= 4 is 25.8 Å². The summed E-state index contributed by atoms with van der Waals surface area (Å²) in [5, 5.41) is 5.45. The number of ether oxygens (including phenoxy) is 3. The summed E-state index contributed by atoms with van der Waals surface area (Å²) in [6.07, 6.45) is 1.57. The van der Waals surface area contributed by atoms with Gasteiger partial charge < -0.3 is 19.1 Å². The lowest BCUT2D eigenvalue weighted by molar-refractivity contribution is 0.0138. The summed E-state index contributed by atoms with van der Waals surface area (Å²) >= 11 is 0. The third-order valence-electron chi connectivity index (χ3n) is 7.19. The van der Waals surface area contributed by atoms with Gasteiger partial charge in [0.05, 0.1) is 16.9 Å². The summed E-state index contributed by atoms with van der Waals surface area (Å²) in [5.74, 6) is 1.53. The third-order valence-corrected chi connectivity index (χ3v) is 8.39. The molecule has 5 rings (SSSR count). The molecule has 0 bridgehead atoms. The fourth-order valence-electron chi connectivity index (χ4n) is 4.88. The van der Waals surface area contributed by atoms with Gasteiger partial charge in [-0.05, 0) is 81.4 Å². The molecule has 1 aliphatic rings. The Bertz CT molecular complexity index is 1510. The molecule has 0 atom stereocenters. The largest absolute Gasteiger partial charge is 0.457 e. The highest BCUT2D eigenvalue weighted by atomic mass is 28.3. The zero-order chi connectivity index (χ0) is 30.4. The van der Waals surface area contributed by atoms with Gasteiger partial charge in [0, 0.05) is 65.3 Å². The first kappa shape index (κ1) is 30.7. The summed E-state index contributed by atoms with van der Waals surface area (Å²) in [4.78, 5) is 21.3. The van der Waals surface area contributed by atoms with Crippen LogP contribution in [0.15, 0.2) is 66.9 Å². The van der Waals surface area contributed by atoms with E-state index in [4.69, 9.17) is 19.2 Å². The normalized spacial score (nSPS) is 14.4. The Kier molecular flexibility index (Phi) is 9.79. The Morgan fingerprint density at radius 1 is 0.930 bits per heavy atom. The average Bonchev–Trinajstić information content (AvgIpc) is 3.44. The van der Waals surface area contributed by atoms with Crippen LogP contribution < -0.4 is 4.74 Å². The number of carbonyl (C=O) groups excluding carboxylic acids is 1. The molecule has 0 unspecified atom stereocenters. The second-order valence-corrected chi connectivity index (χ2v) is 15.2. The molecule has 1 fully saturated rings. The van der Waals surface area contributed by atoms with Gasteiger partial charge in [-0.2, -0.15) is 5.10 Å². The highest BCUT2D eigenvalue weighted by molar-refractivity contribution is 6.55. The van der Waals surface area contributed by atoms with Crippen LogP contribution in [-0.4, -0.2) is 77.8 Å². The lowest BCUT2D eigenvalue weighted by Gasteiger charge is -2.35. The van der Waals surface area contributed by atoms with E-state index in [1.54, 1.807) is 11.1 Å². The van der Waals surface area contributed by atoms with Crippen molar-refractivity contribution < 1.29 is 19.0 Å². The van der Waals surface area contributed by atoms with E-state index in [-0.39, 0.29) is 14.9 Å². The second-order valence-electron chi connectivity index (χ2n) is 12.2. The van der Waals surface area contributed by atoms with E-state index in [1.807, 2.05) is 74.0 Å². The van der Waals surface area contributed by atoms with Crippen LogP contribution in [0.5, 0.6) is 11.5 Å². The standard InChI is InChI=1S/C33H42N5O4Si/c1-33(2,3)42-32(39)37-18-16-36(17-19-37)23-27-9-6-26-22-29(12-13-30(26)35-27)41-28-10-7-25(8-11-28)31-14-15-34-38(31)24-40-20-21-43(4)5/h6-15,22H,16-21,23-24H2,1-5H3. The summed E-state index contributed by atoms with van der Waals surface area (Å²) in [6, 6.07) is 21.3. The van der Waals surface area contributed by atoms with Crippen molar-refractivity contribution in [1.82, 2.24) is 24.6 Å². The number of piperazine rings is 1. The van der Waals surface area contributed by atoms with Gasteiger partial charge in [0.2, 0.25) is 0 Å². The van der Waals surface area contributed by atoms with E-state index in [1.165, 1.54) is 0 Å². The van der Waals surface area contributed by atoms with E-state index in [0.717, 1.165) is 71.6 Å². The Morgan fingerprint density at radius 2 is 1.67 bits per heavy atom. The van der Waals surface area contributed by atoms with Crippen LogP contribution >= 0.6 is 0 Å². The Morgan fingerprint density at radius 3 is 2.40 bits per heavy atom. The van der Waals surface area contributed by atoms with Crippen molar-refractivity contribution in [2.45, 2.75) is 58.8 Å². The summed E-state index contributed by atoms with van der Waals surface area (Å²) in [7, 11) is -0.282. The number of hydrogen-bond donors (Lipinski definition) is 0. The first-order valence-electron chi connectivity index (χ1n) is 14.9. The SMILES string of the molecule is C[Si](C)CCOCn1nccc1-c1ccc(Oc2ccc3nc(CN4CCN(C(=O)OC(C)(C)C)CC4)ccc3c2)cc1. The van der Waals surface area contributed by atoms with Crippen LogP contribution in [0.4, 0.5) is 4.79 Å². The molecule has 43 heavy (non-hydrogen) atoms. The minimum Gasteiger partial charge on any atom is -0.457 e. The van der Waals surface area contributed by atoms with Gasteiger partial charge in [0.15, 0.2) is 0 Å². The van der Waals surface area contributed by atoms with Crippen LogP contribution in [0.2, 0.25) is 19.1 Å². The zero-order valence-corrected chi connectivity index (χ0v) is 26.9. The van der Waals surface area contributed by atoms with Gasteiger partial charge in [0.25, 0.3) is 0 Å².